The van der Waals surface area contributed by atoms with E-state index in [4.69, 9.17) is 9.97 Å². The van der Waals surface area contributed by atoms with Gasteiger partial charge in [-0.05, 0) is 190 Å². The number of ketones is 3. The average Bonchev–Trinajstić information content (AvgIpc) is 1.32. The number of aliphatic hydroxyl groups is 3. The molecule has 0 bridgehead atoms. The van der Waals surface area contributed by atoms with Crippen LogP contribution in [0.25, 0.3) is 128 Å². The van der Waals surface area contributed by atoms with Gasteiger partial charge in [-0.1, -0.05) is 283 Å². The fourth-order valence-electron chi connectivity index (χ4n) is 16.8. The van der Waals surface area contributed by atoms with Crippen molar-refractivity contribution in [3.8, 4) is 65.1 Å². The first-order valence-corrected chi connectivity index (χ1v) is 59.4. The van der Waals surface area contributed by atoms with E-state index in [1.54, 1.807) is 41.0 Å². The van der Waals surface area contributed by atoms with Gasteiger partial charge in [0.1, 0.15) is 40.5 Å². The summed E-state index contributed by atoms with van der Waals surface area (Å²) in [6, 6.07) is 68.9. The second kappa shape index (κ2) is 52.1. The normalized spacial score (nSPS) is 12.3. The van der Waals surface area contributed by atoms with Gasteiger partial charge in [-0.15, -0.1) is 121 Å². The molecule has 144 heavy (non-hydrogen) atoms. The van der Waals surface area contributed by atoms with Crippen LogP contribution in [0.2, 0.25) is 39.3 Å². The summed E-state index contributed by atoms with van der Waals surface area (Å²) < 4.78 is 59.4. The van der Waals surface area contributed by atoms with E-state index < -0.39 is 27.8 Å². The Morgan fingerprint density at radius 3 is 1.00 bits per heavy atom. The molecule has 9 nitrogen and oxygen atoms in total. The topological polar surface area (TPSA) is 151 Å². The molecule has 0 aliphatic carbocycles. The minimum atomic E-state index is -1.62. The standard InChI is InChI=1S/C27H23FNSSi.C26H20F2NSSi.C25H17FNS.3C15H28O2.3Ir/c1-17-9-10-22(23(28)13-17)24-15-19-11-12-29-26(27(19)30-24)20-14-18-7-5-6-8-21(18)25(16-20)31(2,3)4;1-31(2,3)24-14-19(10-16-6-4-5-7-22(16)24)25-26-17(8-9-29-25)13-23(30-26)18-11-20(27)15-21(28)12-18;1-15-12-19(13-17-6-3-4-7-20(15)17)24-25-18(10-11-27-24)14-23(28-25)21-8-5-9-22(26)16(21)2;3*1-7-14(5,8-2)12(16)11-13(17)15(6,9-3)10-4;;;/h5-13,15-16H,1-4H3;4-9,11-15H,1-3H3;3-12,14H,1-2H3;3*11,16H,7-10H2,1-6H3;;;/q3*-1;;;;;;. The summed E-state index contributed by atoms with van der Waals surface area (Å²) in [6.07, 6.45) is 19.7. The van der Waals surface area contributed by atoms with Crippen LogP contribution in [-0.2, 0) is 74.7 Å². The molecular formula is C123H144F4Ir3N3O6S3Si2-3. The first kappa shape index (κ1) is 122. The zero-order valence-corrected chi connectivity index (χ0v) is 101. The van der Waals surface area contributed by atoms with Crippen molar-refractivity contribution in [2.75, 3.05) is 0 Å². The van der Waals surface area contributed by atoms with Crippen molar-refractivity contribution >= 4 is 140 Å². The van der Waals surface area contributed by atoms with E-state index in [0.29, 0.717) is 16.7 Å². The summed E-state index contributed by atoms with van der Waals surface area (Å²) in [5.74, 6) is -0.649. The molecule has 6 heterocycles. The van der Waals surface area contributed by atoms with Crippen molar-refractivity contribution < 1.29 is 108 Å². The minimum absolute atomic E-state index is 0. The van der Waals surface area contributed by atoms with Gasteiger partial charge in [-0.3, -0.25) is 29.3 Å². The molecule has 771 valence electrons. The fraction of sp³-hybridized carbons (Fsp3) is 0.366. The number of thiophene rings is 3. The Morgan fingerprint density at radius 1 is 0.347 bits per heavy atom. The number of halogens is 4. The number of rotatable bonds is 29. The quantitative estimate of drug-likeness (QED) is 0.0137. The van der Waals surface area contributed by atoms with Crippen LogP contribution in [0.4, 0.5) is 17.6 Å². The number of fused-ring (bicyclic) bond motifs is 6. The molecule has 21 heteroatoms. The zero-order chi connectivity index (χ0) is 104. The van der Waals surface area contributed by atoms with Crippen molar-refractivity contribution in [1.29, 1.82) is 0 Å². The van der Waals surface area contributed by atoms with Crippen molar-refractivity contribution in [2.24, 2.45) is 32.5 Å². The van der Waals surface area contributed by atoms with Crippen LogP contribution in [0.15, 0.2) is 236 Å². The number of hydrogen-bond donors (Lipinski definition) is 3. The first-order valence-electron chi connectivity index (χ1n) is 49.9. The molecule has 3 N–H and O–H groups in total. The van der Waals surface area contributed by atoms with E-state index in [9.17, 15) is 47.3 Å². The molecule has 3 radical (unpaired) electrons. The minimum Gasteiger partial charge on any atom is -0.512 e. The SMILES string of the molecule is CCC(C)(CC)C(=O)C=C(O)C(C)(CC)CC.CCC(C)(CC)C(=O)C=C(O)C(C)(CC)CC.CCC(C)(CC)C(=O)C=C(O)C(C)(CC)CC.C[Si](C)(C)c1cc(-c2nccc3cc(-c4cc(F)cc(F)c4)sc23)[c-]c2ccccc12.Cc1c(F)cccc1-c1cc2ccnc(-c3[c-]c4ccccc4c(C)c3)c2s1.Cc1ccc(-c2cc3ccnc(-c4[c-]c5ccccc5c([Si](C)(C)C)c4)c3s2)c(F)c1.[Ir].[Ir].[Ir]. The monoisotopic (exact) mass is 2570 g/mol. The summed E-state index contributed by atoms with van der Waals surface area (Å²) in [7, 11) is -3.20. The number of aryl methyl sites for hydroxylation is 2. The molecule has 0 aliphatic heterocycles. The molecule has 6 aromatic heterocycles. The van der Waals surface area contributed by atoms with E-state index in [1.165, 1.54) is 79.9 Å². The van der Waals surface area contributed by atoms with Gasteiger partial charge in [0, 0.05) is 187 Å². The molecule has 0 saturated heterocycles. The molecule has 0 atom stereocenters. The van der Waals surface area contributed by atoms with Crippen LogP contribution >= 0.6 is 34.0 Å². The first-order chi connectivity index (χ1) is 66.6. The molecule has 0 saturated carbocycles. The van der Waals surface area contributed by atoms with Gasteiger partial charge in [0.15, 0.2) is 17.3 Å². The van der Waals surface area contributed by atoms with Gasteiger partial charge in [-0.2, -0.15) is 0 Å². The van der Waals surface area contributed by atoms with E-state index >= 15 is 0 Å². The third kappa shape index (κ3) is 28.5. The molecule has 0 spiro atoms. The van der Waals surface area contributed by atoms with Crippen LogP contribution in [0.1, 0.15) is 218 Å². The second-order valence-corrected chi connectivity index (χ2v) is 54.3. The Hall–Kier alpha value is -9.18. The smallest absolute Gasteiger partial charge is 0.164 e. The summed E-state index contributed by atoms with van der Waals surface area (Å²) in [5, 5.41) is 43.4. The van der Waals surface area contributed by atoms with Crippen LogP contribution in [-0.4, -0.2) is 63.8 Å². The molecule has 9 aromatic carbocycles. The molecule has 15 aromatic rings. The van der Waals surface area contributed by atoms with E-state index in [0.717, 1.165) is 189 Å². The number of nitrogens with zero attached hydrogens (tertiary/aromatic N) is 3. The number of carbonyl (C=O) groups excluding carboxylic acids is 3. The van der Waals surface area contributed by atoms with Gasteiger partial charge in [0.2, 0.25) is 0 Å². The third-order valence-electron chi connectivity index (χ3n) is 30.1. The van der Waals surface area contributed by atoms with Gasteiger partial charge >= 0.3 is 0 Å². The second-order valence-electron chi connectivity index (χ2n) is 41.1. The van der Waals surface area contributed by atoms with Crippen molar-refractivity contribution in [1.82, 2.24) is 15.0 Å². The third-order valence-corrected chi connectivity index (χ3v) is 37.7. The molecule has 15 rings (SSSR count). The molecule has 0 aliphatic rings. The Labute approximate surface area is 908 Å². The predicted octanol–water partition coefficient (Wildman–Crippen LogP) is 36.3. The number of aromatic nitrogens is 3. The maximum atomic E-state index is 14.6. The summed E-state index contributed by atoms with van der Waals surface area (Å²) in [6.45, 7) is 56.2. The van der Waals surface area contributed by atoms with Crippen molar-refractivity contribution in [2.45, 2.75) is 262 Å². The van der Waals surface area contributed by atoms with Gasteiger partial charge < -0.3 is 15.3 Å². The Morgan fingerprint density at radius 2 is 0.660 bits per heavy atom. The van der Waals surface area contributed by atoms with Crippen molar-refractivity contribution in [3.63, 3.8) is 0 Å². The number of carbonyl (C=O) groups is 3. The van der Waals surface area contributed by atoms with Crippen LogP contribution in [0.5, 0.6) is 0 Å². The predicted molar refractivity (Wildman–Crippen MR) is 600 cm³/mol. The van der Waals surface area contributed by atoms with Crippen LogP contribution in [0, 0.1) is 94.7 Å². The zero-order valence-electron chi connectivity index (χ0n) is 88.9. The number of pyridine rings is 3. The van der Waals surface area contributed by atoms with E-state index in [-0.39, 0.29) is 139 Å². The van der Waals surface area contributed by atoms with Crippen molar-refractivity contribution in [3.05, 3.63) is 294 Å². The molecule has 0 fully saturated rings. The Bertz CT molecular complexity index is 6920. The number of aliphatic hydroxyl groups excluding tert-OH is 3. The van der Waals surface area contributed by atoms with Crippen LogP contribution in [0.3, 0.4) is 0 Å². The summed E-state index contributed by atoms with van der Waals surface area (Å²) in [4.78, 5) is 53.5. The van der Waals surface area contributed by atoms with Gasteiger partial charge in [0.05, 0.1) is 16.1 Å². The molecule has 0 unspecified atom stereocenters. The van der Waals surface area contributed by atoms with Gasteiger partial charge in [-0.25, -0.2) is 17.6 Å². The largest absolute Gasteiger partial charge is 0.512 e. The van der Waals surface area contributed by atoms with Gasteiger partial charge in [0.25, 0.3) is 0 Å². The summed E-state index contributed by atoms with van der Waals surface area (Å²) in [5.41, 5.74) is 8.79. The Kier molecular flexibility index (Phi) is 44.1. The number of allylic oxidation sites excluding steroid dienone is 6. The maximum Gasteiger partial charge on any atom is 0.164 e. The fourth-order valence-corrected chi connectivity index (χ4v) is 23.6. The number of hydrogen-bond acceptors (Lipinski definition) is 12. The van der Waals surface area contributed by atoms with Crippen LogP contribution < -0.4 is 10.4 Å². The molecular weight excluding hydrogens is 2420 g/mol. The number of benzene rings is 9. The van der Waals surface area contributed by atoms with E-state index in [1.807, 2.05) is 205 Å². The molecule has 0 amide bonds. The summed E-state index contributed by atoms with van der Waals surface area (Å²) >= 11 is 4.76. The van der Waals surface area contributed by atoms with E-state index in [2.05, 4.69) is 160 Å². The maximum absolute atomic E-state index is 14.6. The average molecular weight is 2570 g/mol. The Balaban J connectivity index is 0.000000239.